The molecule has 0 N–H and O–H groups in total. The van der Waals surface area contributed by atoms with Crippen molar-refractivity contribution in [2.45, 2.75) is 6.10 Å². The van der Waals surface area contributed by atoms with Gasteiger partial charge in [0.05, 0.1) is 5.88 Å². The molecule has 1 aliphatic heterocycles. The van der Waals surface area contributed by atoms with Gasteiger partial charge in [-0.3, -0.25) is 0 Å². The summed E-state index contributed by atoms with van der Waals surface area (Å²) in [6.07, 6.45) is 0.161. The van der Waals surface area contributed by atoms with E-state index in [1.165, 1.54) is 0 Å². The summed E-state index contributed by atoms with van der Waals surface area (Å²) in [5.41, 5.74) is 0. The Balaban J connectivity index is 2.32. The molecule has 8 heavy (non-hydrogen) atoms. The minimum Gasteiger partial charge on any atom is -0.473 e. The molecule has 1 heterocycles. The van der Waals surface area contributed by atoms with E-state index in [1.807, 2.05) is 0 Å². The van der Waals surface area contributed by atoms with Crippen molar-refractivity contribution < 1.29 is 4.74 Å². The number of hydrogen-bond acceptors (Lipinski definition) is 3. The van der Waals surface area contributed by atoms with Gasteiger partial charge in [-0.05, 0) is 12.2 Å². The first-order valence-electron chi connectivity index (χ1n) is 2.22. The van der Waals surface area contributed by atoms with Crippen LogP contribution < -0.4 is 0 Å². The second-order valence-electron chi connectivity index (χ2n) is 1.46. The molecule has 0 spiro atoms. The maximum atomic E-state index is 5.48. The molecule has 1 atom stereocenters. The molecule has 0 radical (unpaired) electrons. The third-order valence-corrected chi connectivity index (χ3v) is 2.49. The molecule has 0 amide bonds. The lowest BCUT2D eigenvalue weighted by Crippen LogP contribution is -2.10. The van der Waals surface area contributed by atoms with Crippen molar-refractivity contribution in [3.63, 3.8) is 0 Å². The zero-order chi connectivity index (χ0) is 5.98. The Morgan fingerprint density at radius 3 is 3.00 bits per heavy atom. The van der Waals surface area contributed by atoms with Crippen LogP contribution in [0.25, 0.3) is 0 Å². The van der Waals surface area contributed by atoms with Crippen molar-refractivity contribution >= 4 is 40.0 Å². The fourth-order valence-electron chi connectivity index (χ4n) is 0.441. The molecule has 46 valence electrons. The predicted octanol–water partition coefficient (Wildman–Crippen LogP) is 1.64. The number of alkyl halides is 1. The summed E-state index contributed by atoms with van der Waals surface area (Å²) in [4.78, 5) is 0. The Morgan fingerprint density at radius 2 is 2.75 bits per heavy atom. The third-order valence-electron chi connectivity index (χ3n) is 0.822. The van der Waals surface area contributed by atoms with E-state index < -0.39 is 0 Å². The third kappa shape index (κ3) is 1.50. The quantitative estimate of drug-likeness (QED) is 0.435. The minimum atomic E-state index is 0.161. The van der Waals surface area contributed by atoms with Gasteiger partial charge in [-0.15, -0.1) is 11.6 Å². The summed E-state index contributed by atoms with van der Waals surface area (Å²) >= 11 is 11.8. The number of hydrogen-bond donors (Lipinski definition) is 0. The first kappa shape index (κ1) is 6.65. The van der Waals surface area contributed by atoms with E-state index >= 15 is 0 Å². The fourth-order valence-corrected chi connectivity index (χ4v) is 1.79. The lowest BCUT2D eigenvalue weighted by atomic mass is 10.5. The number of ether oxygens (including phenoxy) is 1. The smallest absolute Gasteiger partial charge is 0.220 e. The van der Waals surface area contributed by atoms with Gasteiger partial charge in [-0.25, -0.2) is 0 Å². The molecule has 0 bridgehead atoms. The van der Waals surface area contributed by atoms with Gasteiger partial charge in [0.25, 0.3) is 0 Å². The molecular weight excluding hydrogens is 164 g/mol. The lowest BCUT2D eigenvalue weighted by Gasteiger charge is -2.00. The zero-order valence-corrected chi connectivity index (χ0v) is 6.48. The van der Waals surface area contributed by atoms with Crippen molar-refractivity contribution in [3.8, 4) is 0 Å². The van der Waals surface area contributed by atoms with Gasteiger partial charge in [-0.2, -0.15) is 0 Å². The van der Waals surface area contributed by atoms with E-state index in [2.05, 4.69) is 0 Å². The maximum absolute atomic E-state index is 5.48. The molecule has 0 aromatic heterocycles. The Hall–Kier alpha value is 0.530. The minimum absolute atomic E-state index is 0.161. The van der Waals surface area contributed by atoms with Gasteiger partial charge in [0.2, 0.25) is 4.38 Å². The van der Waals surface area contributed by atoms with Crippen molar-refractivity contribution in [1.82, 2.24) is 0 Å². The summed E-state index contributed by atoms with van der Waals surface area (Å²) in [5.74, 6) is 1.47. The fraction of sp³-hybridized carbons (Fsp3) is 0.750. The van der Waals surface area contributed by atoms with Gasteiger partial charge < -0.3 is 4.74 Å². The molecular formula is C4H5ClOS2. The molecule has 1 saturated heterocycles. The summed E-state index contributed by atoms with van der Waals surface area (Å²) < 4.78 is 5.71. The lowest BCUT2D eigenvalue weighted by molar-refractivity contribution is 0.261. The molecule has 1 rings (SSSR count). The monoisotopic (exact) mass is 168 g/mol. The van der Waals surface area contributed by atoms with Crippen LogP contribution in [-0.4, -0.2) is 22.1 Å². The molecule has 0 aromatic carbocycles. The van der Waals surface area contributed by atoms with Crippen LogP contribution in [-0.2, 0) is 4.74 Å². The largest absolute Gasteiger partial charge is 0.473 e. The second-order valence-corrected chi connectivity index (χ2v) is 3.39. The normalized spacial score (nSPS) is 28.1. The Kier molecular flexibility index (Phi) is 2.41. The van der Waals surface area contributed by atoms with Crippen molar-refractivity contribution in [1.29, 1.82) is 0 Å². The topological polar surface area (TPSA) is 9.23 Å². The van der Waals surface area contributed by atoms with Crippen LogP contribution in [0.4, 0.5) is 0 Å². The summed E-state index contributed by atoms with van der Waals surface area (Å²) in [5, 5.41) is 0. The predicted molar refractivity (Wildman–Crippen MR) is 40.6 cm³/mol. The van der Waals surface area contributed by atoms with Crippen LogP contribution in [0.5, 0.6) is 0 Å². The Bertz CT molecular complexity index is 106. The van der Waals surface area contributed by atoms with Gasteiger partial charge in [0, 0.05) is 5.75 Å². The molecule has 0 aromatic rings. The number of halogens is 1. The van der Waals surface area contributed by atoms with Crippen molar-refractivity contribution in [3.05, 3.63) is 0 Å². The van der Waals surface area contributed by atoms with Gasteiger partial charge in [0.15, 0.2) is 0 Å². The van der Waals surface area contributed by atoms with Crippen LogP contribution in [0, 0.1) is 0 Å². The summed E-state index contributed by atoms with van der Waals surface area (Å²) in [7, 11) is 0. The SMILES string of the molecule is S=C1O[C@H](CCl)CS1. The van der Waals surface area contributed by atoms with Crippen molar-refractivity contribution in [2.75, 3.05) is 11.6 Å². The van der Waals surface area contributed by atoms with Gasteiger partial charge in [-0.1, -0.05) is 11.8 Å². The van der Waals surface area contributed by atoms with E-state index in [0.29, 0.717) is 10.3 Å². The molecule has 1 nitrogen and oxygen atoms in total. The molecule has 0 unspecified atom stereocenters. The van der Waals surface area contributed by atoms with Crippen LogP contribution in [0.3, 0.4) is 0 Å². The first-order chi connectivity index (χ1) is 3.83. The van der Waals surface area contributed by atoms with Gasteiger partial charge in [0.1, 0.15) is 6.10 Å². The summed E-state index contributed by atoms with van der Waals surface area (Å²) in [6, 6.07) is 0. The summed E-state index contributed by atoms with van der Waals surface area (Å²) in [6.45, 7) is 0. The average molecular weight is 169 g/mol. The molecule has 0 saturated carbocycles. The van der Waals surface area contributed by atoms with E-state index in [9.17, 15) is 0 Å². The van der Waals surface area contributed by atoms with E-state index in [4.69, 9.17) is 28.6 Å². The molecule has 4 heteroatoms. The Morgan fingerprint density at radius 1 is 2.00 bits per heavy atom. The van der Waals surface area contributed by atoms with E-state index in [1.54, 1.807) is 11.8 Å². The van der Waals surface area contributed by atoms with E-state index in [-0.39, 0.29) is 6.10 Å². The van der Waals surface area contributed by atoms with Crippen molar-refractivity contribution in [2.24, 2.45) is 0 Å². The van der Waals surface area contributed by atoms with Crippen LogP contribution in [0.1, 0.15) is 0 Å². The maximum Gasteiger partial charge on any atom is 0.220 e. The number of rotatable bonds is 1. The van der Waals surface area contributed by atoms with Crippen LogP contribution >= 0.6 is 35.6 Å². The zero-order valence-electron chi connectivity index (χ0n) is 4.09. The van der Waals surface area contributed by atoms with Gasteiger partial charge >= 0.3 is 0 Å². The highest BCUT2D eigenvalue weighted by Gasteiger charge is 2.19. The van der Waals surface area contributed by atoms with E-state index in [0.717, 1.165) is 5.75 Å². The highest BCUT2D eigenvalue weighted by Crippen LogP contribution is 2.20. The number of thioether (sulfide) groups is 1. The highest BCUT2D eigenvalue weighted by molar-refractivity contribution is 8.22. The standard InChI is InChI=1S/C4H5ClOS2/c5-1-3-2-8-4(7)6-3/h3H,1-2H2/t3-/m1/s1. The van der Waals surface area contributed by atoms with Crippen LogP contribution in [0.2, 0.25) is 0 Å². The molecule has 0 aliphatic carbocycles. The highest BCUT2D eigenvalue weighted by atomic mass is 35.5. The molecule has 1 fully saturated rings. The first-order valence-corrected chi connectivity index (χ1v) is 4.15. The van der Waals surface area contributed by atoms with Crippen LogP contribution in [0.15, 0.2) is 0 Å². The second kappa shape index (κ2) is 2.90. The average Bonchev–Trinajstić information content (AvgIpc) is 2.14. The number of thiocarbonyl (C=S) groups is 1. The molecule has 1 aliphatic rings. The Labute approximate surface area is 62.7 Å².